The van der Waals surface area contributed by atoms with E-state index in [0.29, 0.717) is 24.5 Å². The number of aromatic nitrogens is 2. The Morgan fingerprint density at radius 2 is 2.28 bits per heavy atom. The molecule has 7 heteroatoms. The van der Waals surface area contributed by atoms with Gasteiger partial charge in [0.05, 0.1) is 18.4 Å². The molecule has 0 saturated heterocycles. The van der Waals surface area contributed by atoms with Gasteiger partial charge in [0.1, 0.15) is 11.3 Å². The Morgan fingerprint density at radius 3 is 2.94 bits per heavy atom. The van der Waals surface area contributed by atoms with Crippen molar-refractivity contribution in [3.05, 3.63) is 11.9 Å². The highest BCUT2D eigenvalue weighted by molar-refractivity contribution is 6.01. The summed E-state index contributed by atoms with van der Waals surface area (Å²) in [7, 11) is 0. The first kappa shape index (κ1) is 12.4. The van der Waals surface area contributed by atoms with Gasteiger partial charge in [0.2, 0.25) is 0 Å². The second-order valence-electron chi connectivity index (χ2n) is 5.01. The molecule has 7 nitrogen and oxygen atoms in total. The molecule has 98 valence electrons. The average Bonchev–Trinajstić information content (AvgIpc) is 2.59. The molecule has 1 aliphatic heterocycles. The van der Waals surface area contributed by atoms with Crippen molar-refractivity contribution in [3.63, 3.8) is 0 Å². The zero-order chi connectivity index (χ0) is 13.3. The van der Waals surface area contributed by atoms with Crippen LogP contribution in [0.5, 0.6) is 0 Å². The summed E-state index contributed by atoms with van der Waals surface area (Å²) in [5, 5.41) is 9.27. The summed E-state index contributed by atoms with van der Waals surface area (Å²) in [5.74, 6) is -0.246. The summed E-state index contributed by atoms with van der Waals surface area (Å²) in [5.41, 5.74) is 0.132. The first-order valence-electron chi connectivity index (χ1n) is 5.71. The van der Waals surface area contributed by atoms with Crippen LogP contribution in [-0.2, 0) is 11.3 Å². The topological polar surface area (TPSA) is 85.2 Å². The Balaban J connectivity index is 2.13. The van der Waals surface area contributed by atoms with E-state index < -0.39 is 11.7 Å². The van der Waals surface area contributed by atoms with Gasteiger partial charge in [-0.1, -0.05) is 0 Å². The van der Waals surface area contributed by atoms with Crippen LogP contribution in [0.1, 0.15) is 31.3 Å². The molecular formula is C11H16N4O3. The average molecular weight is 252 g/mol. The van der Waals surface area contributed by atoms with Crippen molar-refractivity contribution in [1.29, 1.82) is 0 Å². The van der Waals surface area contributed by atoms with Gasteiger partial charge in [-0.3, -0.25) is 14.8 Å². The molecule has 1 aromatic rings. The smallest absolute Gasteiger partial charge is 0.412 e. The second kappa shape index (κ2) is 4.32. The fourth-order valence-electron chi connectivity index (χ4n) is 1.66. The first-order chi connectivity index (χ1) is 8.37. The quantitative estimate of drug-likeness (QED) is 0.780. The van der Waals surface area contributed by atoms with Gasteiger partial charge in [-0.25, -0.2) is 4.79 Å². The van der Waals surface area contributed by atoms with Crippen LogP contribution in [0.4, 0.5) is 10.5 Å². The van der Waals surface area contributed by atoms with Crippen LogP contribution in [0.25, 0.3) is 0 Å². The number of rotatable bonds is 1. The summed E-state index contributed by atoms with van der Waals surface area (Å²) < 4.78 is 6.68. The van der Waals surface area contributed by atoms with Gasteiger partial charge in [-0.2, -0.15) is 5.10 Å². The number of nitrogens with one attached hydrogen (secondary N) is 2. The summed E-state index contributed by atoms with van der Waals surface area (Å²) in [6, 6.07) is 0. The van der Waals surface area contributed by atoms with Crippen molar-refractivity contribution in [2.24, 2.45) is 0 Å². The van der Waals surface area contributed by atoms with Crippen LogP contribution < -0.4 is 10.6 Å². The van der Waals surface area contributed by atoms with E-state index in [0.717, 1.165) is 0 Å². The van der Waals surface area contributed by atoms with Crippen LogP contribution >= 0.6 is 0 Å². The van der Waals surface area contributed by atoms with Crippen LogP contribution in [0, 0.1) is 0 Å². The Morgan fingerprint density at radius 1 is 1.56 bits per heavy atom. The van der Waals surface area contributed by atoms with Crippen molar-refractivity contribution < 1.29 is 14.3 Å². The number of ether oxygens (including phenoxy) is 1. The number of amides is 2. The molecule has 1 aliphatic rings. The lowest BCUT2D eigenvalue weighted by Gasteiger charge is -2.20. The van der Waals surface area contributed by atoms with Crippen LogP contribution in [0.15, 0.2) is 6.20 Å². The predicted molar refractivity (Wildman–Crippen MR) is 64.4 cm³/mol. The van der Waals surface area contributed by atoms with Gasteiger partial charge in [0, 0.05) is 6.54 Å². The van der Waals surface area contributed by atoms with E-state index in [-0.39, 0.29) is 5.91 Å². The zero-order valence-corrected chi connectivity index (χ0v) is 10.6. The monoisotopic (exact) mass is 252 g/mol. The minimum absolute atomic E-state index is 0.246. The Hall–Kier alpha value is -2.05. The minimum atomic E-state index is -0.600. The second-order valence-corrected chi connectivity index (χ2v) is 5.01. The van der Waals surface area contributed by atoms with Crippen molar-refractivity contribution >= 4 is 17.7 Å². The van der Waals surface area contributed by atoms with Crippen LogP contribution in [0.3, 0.4) is 0 Å². The molecule has 0 unspecified atom stereocenters. The number of hydrogen-bond donors (Lipinski definition) is 2. The highest BCUT2D eigenvalue weighted by Crippen LogP contribution is 2.18. The molecule has 0 fully saturated rings. The Kier molecular flexibility index (Phi) is 2.98. The molecule has 2 N–H and O–H groups in total. The first-order valence-corrected chi connectivity index (χ1v) is 5.71. The van der Waals surface area contributed by atoms with Gasteiger partial charge in [0.25, 0.3) is 5.91 Å². The maximum atomic E-state index is 11.7. The van der Waals surface area contributed by atoms with Gasteiger partial charge < -0.3 is 10.1 Å². The third-order valence-corrected chi connectivity index (χ3v) is 2.30. The molecule has 2 rings (SSSR count). The van der Waals surface area contributed by atoms with Crippen LogP contribution in [-0.4, -0.2) is 33.9 Å². The SMILES string of the molecule is CC(C)(C)OC(=O)Nc1cnn2c1C(=O)NCC2. The molecule has 18 heavy (non-hydrogen) atoms. The molecule has 0 bridgehead atoms. The third kappa shape index (κ3) is 2.61. The van der Waals surface area contributed by atoms with Crippen molar-refractivity contribution in [1.82, 2.24) is 15.1 Å². The van der Waals surface area contributed by atoms with E-state index in [2.05, 4.69) is 15.7 Å². The number of carbonyl (C=O) groups excluding carboxylic acids is 2. The predicted octanol–water partition coefficient (Wildman–Crippen LogP) is 0.973. The van der Waals surface area contributed by atoms with E-state index in [9.17, 15) is 9.59 Å². The zero-order valence-electron chi connectivity index (χ0n) is 10.6. The molecule has 0 atom stereocenters. The fourth-order valence-corrected chi connectivity index (χ4v) is 1.66. The number of hydrogen-bond acceptors (Lipinski definition) is 4. The van der Waals surface area contributed by atoms with E-state index >= 15 is 0 Å². The summed E-state index contributed by atoms with van der Waals surface area (Å²) in [6.45, 7) is 6.45. The van der Waals surface area contributed by atoms with Gasteiger partial charge in [-0.15, -0.1) is 0 Å². The summed E-state index contributed by atoms with van der Waals surface area (Å²) >= 11 is 0. The molecule has 0 aliphatic carbocycles. The maximum absolute atomic E-state index is 11.7. The largest absolute Gasteiger partial charge is 0.444 e. The van der Waals surface area contributed by atoms with E-state index in [1.54, 1.807) is 25.5 Å². The molecule has 0 aromatic carbocycles. The van der Waals surface area contributed by atoms with E-state index in [1.165, 1.54) is 6.20 Å². The lowest BCUT2D eigenvalue weighted by Crippen LogP contribution is -2.36. The number of fused-ring (bicyclic) bond motifs is 1. The number of anilines is 1. The highest BCUT2D eigenvalue weighted by Gasteiger charge is 2.24. The van der Waals surface area contributed by atoms with Gasteiger partial charge in [0.15, 0.2) is 0 Å². The fraction of sp³-hybridized carbons (Fsp3) is 0.545. The van der Waals surface area contributed by atoms with Crippen molar-refractivity contribution in [2.45, 2.75) is 32.9 Å². The van der Waals surface area contributed by atoms with E-state index in [4.69, 9.17) is 4.74 Å². The minimum Gasteiger partial charge on any atom is -0.444 e. The molecule has 0 spiro atoms. The molecule has 2 heterocycles. The number of nitrogens with zero attached hydrogens (tertiary/aromatic N) is 2. The molecule has 1 aromatic heterocycles. The maximum Gasteiger partial charge on any atom is 0.412 e. The van der Waals surface area contributed by atoms with E-state index in [1.807, 2.05) is 0 Å². The lowest BCUT2D eigenvalue weighted by atomic mass is 10.2. The normalized spacial score (nSPS) is 14.7. The van der Waals surface area contributed by atoms with Crippen molar-refractivity contribution in [2.75, 3.05) is 11.9 Å². The Bertz CT molecular complexity index is 487. The van der Waals surface area contributed by atoms with Crippen LogP contribution in [0.2, 0.25) is 0 Å². The molecule has 0 saturated carbocycles. The Labute approximate surface area is 104 Å². The standard InChI is InChI=1S/C11H16N4O3/c1-11(2,3)18-10(17)14-7-6-13-15-5-4-12-9(16)8(7)15/h6H,4-5H2,1-3H3,(H,12,16)(H,14,17). The van der Waals surface area contributed by atoms with Gasteiger partial charge in [-0.05, 0) is 20.8 Å². The van der Waals surface area contributed by atoms with Gasteiger partial charge >= 0.3 is 6.09 Å². The highest BCUT2D eigenvalue weighted by atomic mass is 16.6. The number of carbonyl (C=O) groups is 2. The molecule has 0 radical (unpaired) electrons. The third-order valence-electron chi connectivity index (χ3n) is 2.30. The lowest BCUT2D eigenvalue weighted by molar-refractivity contribution is 0.0636. The molecule has 2 amide bonds. The molecular weight excluding hydrogens is 236 g/mol. The summed E-state index contributed by atoms with van der Waals surface area (Å²) in [4.78, 5) is 23.3. The van der Waals surface area contributed by atoms with Crippen molar-refractivity contribution in [3.8, 4) is 0 Å². The summed E-state index contributed by atoms with van der Waals surface area (Å²) in [6.07, 6.45) is 0.848.